The molecule has 2 aromatic rings. The highest BCUT2D eigenvalue weighted by molar-refractivity contribution is 5.28. The molecule has 0 amide bonds. The van der Waals surface area contributed by atoms with E-state index in [0.29, 0.717) is 0 Å². The van der Waals surface area contributed by atoms with Crippen LogP contribution in [0.25, 0.3) is 0 Å². The summed E-state index contributed by atoms with van der Waals surface area (Å²) in [4.78, 5) is 17.8. The average Bonchev–Trinajstić information content (AvgIpc) is 2.86. The molecule has 2 aliphatic rings. The SMILES string of the molecule is c1cnc(N2CCC[C@@]3(CC2)CN(Cc2cccnc2)CCO3)nc1. The molecule has 6 heteroatoms. The van der Waals surface area contributed by atoms with Gasteiger partial charge in [-0.3, -0.25) is 9.88 Å². The Labute approximate surface area is 148 Å². The van der Waals surface area contributed by atoms with Gasteiger partial charge in [0.1, 0.15) is 0 Å². The van der Waals surface area contributed by atoms with Crippen LogP contribution in [0.2, 0.25) is 0 Å². The maximum Gasteiger partial charge on any atom is 0.225 e. The second kappa shape index (κ2) is 7.45. The minimum Gasteiger partial charge on any atom is -0.372 e. The summed E-state index contributed by atoms with van der Waals surface area (Å²) >= 11 is 0. The fourth-order valence-corrected chi connectivity index (χ4v) is 3.93. The predicted molar refractivity (Wildman–Crippen MR) is 96.3 cm³/mol. The Morgan fingerprint density at radius 1 is 1.04 bits per heavy atom. The van der Waals surface area contributed by atoms with Gasteiger partial charge in [0.15, 0.2) is 0 Å². The third-order valence-corrected chi connectivity index (χ3v) is 5.19. The number of nitrogens with zero attached hydrogens (tertiary/aromatic N) is 5. The van der Waals surface area contributed by atoms with Gasteiger partial charge in [-0.15, -0.1) is 0 Å². The molecule has 0 saturated carbocycles. The minimum absolute atomic E-state index is 0.0377. The van der Waals surface area contributed by atoms with Crippen molar-refractivity contribution in [2.75, 3.05) is 37.7 Å². The lowest BCUT2D eigenvalue weighted by Gasteiger charge is -2.42. The first-order chi connectivity index (χ1) is 12.3. The molecule has 0 N–H and O–H groups in total. The van der Waals surface area contributed by atoms with E-state index in [1.54, 1.807) is 0 Å². The third-order valence-electron chi connectivity index (χ3n) is 5.19. The highest BCUT2D eigenvalue weighted by Crippen LogP contribution is 2.31. The smallest absolute Gasteiger partial charge is 0.225 e. The van der Waals surface area contributed by atoms with E-state index in [2.05, 4.69) is 30.8 Å². The lowest BCUT2D eigenvalue weighted by Crippen LogP contribution is -2.51. The fraction of sp³-hybridized carbons (Fsp3) is 0.526. The largest absolute Gasteiger partial charge is 0.372 e. The summed E-state index contributed by atoms with van der Waals surface area (Å²) in [5.74, 6) is 0.836. The Morgan fingerprint density at radius 3 is 2.80 bits per heavy atom. The van der Waals surface area contributed by atoms with Crippen molar-refractivity contribution in [3.05, 3.63) is 48.5 Å². The molecule has 2 aromatic heterocycles. The van der Waals surface area contributed by atoms with Crippen molar-refractivity contribution in [2.24, 2.45) is 0 Å². The summed E-state index contributed by atoms with van der Waals surface area (Å²) in [6.07, 6.45) is 10.7. The summed E-state index contributed by atoms with van der Waals surface area (Å²) in [6, 6.07) is 6.02. The Kier molecular flexibility index (Phi) is 4.90. The molecule has 0 bridgehead atoms. The normalized spacial score (nSPS) is 25.0. The molecule has 0 aliphatic carbocycles. The van der Waals surface area contributed by atoms with Gasteiger partial charge in [-0.05, 0) is 37.0 Å². The second-order valence-corrected chi connectivity index (χ2v) is 6.99. The van der Waals surface area contributed by atoms with E-state index in [1.165, 1.54) is 5.56 Å². The molecule has 2 aliphatic heterocycles. The maximum atomic E-state index is 6.31. The van der Waals surface area contributed by atoms with E-state index in [9.17, 15) is 0 Å². The summed E-state index contributed by atoms with van der Waals surface area (Å²) in [6.45, 7) is 5.68. The van der Waals surface area contributed by atoms with Crippen LogP contribution < -0.4 is 4.90 Å². The molecule has 1 atom stereocenters. The average molecular weight is 339 g/mol. The van der Waals surface area contributed by atoms with E-state index < -0.39 is 0 Å². The monoisotopic (exact) mass is 339 g/mol. The number of hydrogen-bond donors (Lipinski definition) is 0. The first-order valence-corrected chi connectivity index (χ1v) is 9.10. The Hall–Kier alpha value is -2.05. The van der Waals surface area contributed by atoms with Gasteiger partial charge in [0, 0.05) is 57.5 Å². The summed E-state index contributed by atoms with van der Waals surface area (Å²) < 4.78 is 6.31. The molecule has 4 rings (SSSR count). The molecule has 2 saturated heterocycles. The highest BCUT2D eigenvalue weighted by Gasteiger charge is 2.38. The number of ether oxygens (including phenoxy) is 1. The van der Waals surface area contributed by atoms with Crippen LogP contribution in [0.3, 0.4) is 0 Å². The van der Waals surface area contributed by atoms with E-state index in [0.717, 1.165) is 64.5 Å². The molecular formula is C19H25N5O. The zero-order valence-electron chi connectivity index (χ0n) is 14.5. The van der Waals surface area contributed by atoms with E-state index in [4.69, 9.17) is 4.74 Å². The lowest BCUT2D eigenvalue weighted by atomic mass is 9.92. The number of pyridine rings is 1. The van der Waals surface area contributed by atoms with Crippen LogP contribution >= 0.6 is 0 Å². The molecule has 0 radical (unpaired) electrons. The summed E-state index contributed by atoms with van der Waals surface area (Å²) in [5.41, 5.74) is 1.23. The van der Waals surface area contributed by atoms with Crippen LogP contribution in [0.1, 0.15) is 24.8 Å². The number of anilines is 1. The third kappa shape index (κ3) is 3.96. The van der Waals surface area contributed by atoms with Crippen molar-refractivity contribution in [2.45, 2.75) is 31.4 Å². The van der Waals surface area contributed by atoms with Crippen molar-refractivity contribution in [3.63, 3.8) is 0 Å². The van der Waals surface area contributed by atoms with E-state index in [-0.39, 0.29) is 5.60 Å². The molecule has 2 fully saturated rings. The van der Waals surface area contributed by atoms with Crippen molar-refractivity contribution in [1.82, 2.24) is 19.9 Å². The van der Waals surface area contributed by atoms with Gasteiger partial charge < -0.3 is 9.64 Å². The first kappa shape index (κ1) is 16.4. The van der Waals surface area contributed by atoms with Gasteiger partial charge in [0.25, 0.3) is 0 Å². The first-order valence-electron chi connectivity index (χ1n) is 9.10. The van der Waals surface area contributed by atoms with Gasteiger partial charge in [0.2, 0.25) is 5.95 Å². The minimum atomic E-state index is -0.0377. The van der Waals surface area contributed by atoms with Crippen LogP contribution in [-0.2, 0) is 11.3 Å². The van der Waals surface area contributed by atoms with Gasteiger partial charge in [0.05, 0.1) is 12.2 Å². The van der Waals surface area contributed by atoms with Crippen LogP contribution in [-0.4, -0.2) is 58.2 Å². The summed E-state index contributed by atoms with van der Waals surface area (Å²) in [7, 11) is 0. The van der Waals surface area contributed by atoms with Crippen molar-refractivity contribution >= 4 is 5.95 Å². The van der Waals surface area contributed by atoms with Crippen LogP contribution in [0.15, 0.2) is 43.0 Å². The molecule has 1 spiro atoms. The summed E-state index contributed by atoms with van der Waals surface area (Å²) in [5, 5.41) is 0. The number of hydrogen-bond acceptors (Lipinski definition) is 6. The second-order valence-electron chi connectivity index (χ2n) is 6.99. The molecule has 132 valence electrons. The van der Waals surface area contributed by atoms with E-state index >= 15 is 0 Å². The molecule has 25 heavy (non-hydrogen) atoms. The van der Waals surface area contributed by atoms with Crippen molar-refractivity contribution < 1.29 is 4.74 Å². The zero-order valence-corrected chi connectivity index (χ0v) is 14.5. The molecule has 0 aromatic carbocycles. The van der Waals surface area contributed by atoms with Crippen molar-refractivity contribution in [1.29, 1.82) is 0 Å². The van der Waals surface area contributed by atoms with Crippen LogP contribution in [0.5, 0.6) is 0 Å². The Balaban J connectivity index is 1.41. The molecule has 4 heterocycles. The molecule has 6 nitrogen and oxygen atoms in total. The van der Waals surface area contributed by atoms with Crippen LogP contribution in [0, 0.1) is 0 Å². The maximum absolute atomic E-state index is 6.31. The molecule has 0 unspecified atom stereocenters. The zero-order chi connectivity index (χ0) is 17.0. The van der Waals surface area contributed by atoms with Crippen LogP contribution in [0.4, 0.5) is 5.95 Å². The van der Waals surface area contributed by atoms with Gasteiger partial charge in [-0.1, -0.05) is 6.07 Å². The fourth-order valence-electron chi connectivity index (χ4n) is 3.93. The van der Waals surface area contributed by atoms with E-state index in [1.807, 2.05) is 36.9 Å². The Bertz CT molecular complexity index is 668. The standard InChI is InChI=1S/C19H25N5O/c1-4-17(14-20-7-1)15-23-12-13-25-19(16-23)5-2-10-24(11-6-19)18-21-8-3-9-22-18/h1,3-4,7-9,14H,2,5-6,10-13,15-16H2/t19-/m1/s1. The number of rotatable bonds is 3. The van der Waals surface area contributed by atoms with Gasteiger partial charge in [-0.2, -0.15) is 0 Å². The molecular weight excluding hydrogens is 314 g/mol. The Morgan fingerprint density at radius 2 is 1.96 bits per heavy atom. The quantitative estimate of drug-likeness (QED) is 0.854. The van der Waals surface area contributed by atoms with Gasteiger partial charge >= 0.3 is 0 Å². The lowest BCUT2D eigenvalue weighted by molar-refractivity contribution is -0.117. The van der Waals surface area contributed by atoms with Crippen molar-refractivity contribution in [3.8, 4) is 0 Å². The number of aromatic nitrogens is 3. The van der Waals surface area contributed by atoms with Gasteiger partial charge in [-0.25, -0.2) is 9.97 Å². The number of morpholine rings is 1. The topological polar surface area (TPSA) is 54.4 Å². The highest BCUT2D eigenvalue weighted by atomic mass is 16.5. The predicted octanol–water partition coefficient (Wildman–Crippen LogP) is 2.13.